The molecule has 0 spiro atoms. The first-order chi connectivity index (χ1) is 9.58. The predicted molar refractivity (Wildman–Crippen MR) is 83.1 cm³/mol. The number of nitrogens with one attached hydrogen (secondary N) is 2. The van der Waals surface area contributed by atoms with E-state index in [1.165, 1.54) is 6.42 Å². The quantitative estimate of drug-likeness (QED) is 0.450. The highest BCUT2D eigenvalue weighted by molar-refractivity contribution is 5.80. The van der Waals surface area contributed by atoms with Crippen molar-refractivity contribution in [2.45, 2.75) is 51.9 Å². The van der Waals surface area contributed by atoms with Gasteiger partial charge < -0.3 is 15.4 Å². The average Bonchev–Trinajstić information content (AvgIpc) is 3.07. The summed E-state index contributed by atoms with van der Waals surface area (Å²) in [6.07, 6.45) is 3.12. The van der Waals surface area contributed by atoms with Crippen LogP contribution in [0.4, 0.5) is 0 Å². The van der Waals surface area contributed by atoms with Crippen molar-refractivity contribution in [2.75, 3.05) is 33.2 Å². The first kappa shape index (κ1) is 15.6. The maximum absolute atomic E-state index is 5.75. The summed E-state index contributed by atoms with van der Waals surface area (Å²) in [5.74, 6) is 1.74. The molecule has 2 rings (SSSR count). The standard InChI is InChI=1S/C15H30N4O/c1-11-8-14(11)18-15(16-4)17-6-5-7-19-9-12(2)20-13(3)10-19/h11-14H,5-10H2,1-4H3,(H2,16,17,18). The van der Waals surface area contributed by atoms with Gasteiger partial charge in [0, 0.05) is 39.3 Å². The van der Waals surface area contributed by atoms with Gasteiger partial charge in [0.15, 0.2) is 5.96 Å². The van der Waals surface area contributed by atoms with Crippen LogP contribution >= 0.6 is 0 Å². The molecule has 0 radical (unpaired) electrons. The molecule has 0 bridgehead atoms. The zero-order chi connectivity index (χ0) is 14.5. The van der Waals surface area contributed by atoms with E-state index >= 15 is 0 Å². The monoisotopic (exact) mass is 282 g/mol. The molecule has 1 aliphatic carbocycles. The minimum absolute atomic E-state index is 0.359. The van der Waals surface area contributed by atoms with Crippen LogP contribution in [0.5, 0.6) is 0 Å². The molecule has 0 aromatic carbocycles. The minimum Gasteiger partial charge on any atom is -0.373 e. The summed E-state index contributed by atoms with van der Waals surface area (Å²) in [7, 11) is 1.84. The van der Waals surface area contributed by atoms with Crippen LogP contribution in [-0.2, 0) is 4.74 Å². The van der Waals surface area contributed by atoms with Gasteiger partial charge in [0.1, 0.15) is 0 Å². The molecule has 1 aliphatic heterocycles. The third kappa shape index (κ3) is 4.94. The molecule has 1 heterocycles. The summed E-state index contributed by atoms with van der Waals surface area (Å²) in [4.78, 5) is 6.77. The molecule has 2 aliphatic rings. The summed E-state index contributed by atoms with van der Waals surface area (Å²) in [6, 6.07) is 0.627. The first-order valence-corrected chi connectivity index (χ1v) is 7.93. The SMILES string of the molecule is CN=C(NCCCN1CC(C)OC(C)C1)NC1CC1C. The van der Waals surface area contributed by atoms with Gasteiger partial charge in [-0.15, -0.1) is 0 Å². The zero-order valence-electron chi connectivity index (χ0n) is 13.4. The molecule has 2 N–H and O–H groups in total. The molecule has 1 saturated carbocycles. The van der Waals surface area contributed by atoms with E-state index in [2.05, 4.69) is 41.3 Å². The van der Waals surface area contributed by atoms with Crippen molar-refractivity contribution in [1.29, 1.82) is 0 Å². The molecule has 20 heavy (non-hydrogen) atoms. The van der Waals surface area contributed by atoms with E-state index in [-0.39, 0.29) is 0 Å². The Labute approximate surface area is 123 Å². The molecule has 0 amide bonds. The lowest BCUT2D eigenvalue weighted by atomic mass is 10.2. The molecule has 5 heteroatoms. The van der Waals surface area contributed by atoms with E-state index in [1.807, 2.05) is 7.05 Å². The Balaban J connectivity index is 1.58. The number of rotatable bonds is 5. The third-order valence-electron chi connectivity index (χ3n) is 4.09. The molecule has 0 aromatic heterocycles. The molecular weight excluding hydrogens is 252 g/mol. The lowest BCUT2D eigenvalue weighted by molar-refractivity contribution is -0.0679. The van der Waals surface area contributed by atoms with Crippen molar-refractivity contribution in [1.82, 2.24) is 15.5 Å². The largest absolute Gasteiger partial charge is 0.373 e. The Bertz CT molecular complexity index is 324. The van der Waals surface area contributed by atoms with E-state index in [0.29, 0.717) is 18.2 Å². The first-order valence-electron chi connectivity index (χ1n) is 7.93. The summed E-state index contributed by atoms with van der Waals surface area (Å²) < 4.78 is 5.75. The van der Waals surface area contributed by atoms with Gasteiger partial charge in [-0.2, -0.15) is 0 Å². The van der Waals surface area contributed by atoms with Crippen molar-refractivity contribution in [2.24, 2.45) is 10.9 Å². The van der Waals surface area contributed by atoms with E-state index in [4.69, 9.17) is 4.74 Å². The van der Waals surface area contributed by atoms with Crippen LogP contribution < -0.4 is 10.6 Å². The fourth-order valence-electron chi connectivity index (χ4n) is 2.87. The van der Waals surface area contributed by atoms with Gasteiger partial charge in [-0.1, -0.05) is 6.92 Å². The third-order valence-corrected chi connectivity index (χ3v) is 4.09. The lowest BCUT2D eigenvalue weighted by Crippen LogP contribution is -2.46. The summed E-state index contributed by atoms with van der Waals surface area (Å²) in [5.41, 5.74) is 0. The lowest BCUT2D eigenvalue weighted by Gasteiger charge is -2.35. The van der Waals surface area contributed by atoms with Gasteiger partial charge in [-0.3, -0.25) is 9.89 Å². The van der Waals surface area contributed by atoms with Crippen LogP contribution in [0.15, 0.2) is 4.99 Å². The Hall–Kier alpha value is -0.810. The van der Waals surface area contributed by atoms with Crippen LogP contribution in [0.3, 0.4) is 0 Å². The second kappa shape index (κ2) is 7.27. The number of hydrogen-bond acceptors (Lipinski definition) is 3. The van der Waals surface area contributed by atoms with Gasteiger partial charge >= 0.3 is 0 Å². The van der Waals surface area contributed by atoms with Crippen LogP contribution in [0.1, 0.15) is 33.6 Å². The highest BCUT2D eigenvalue weighted by Crippen LogP contribution is 2.28. The second-order valence-corrected chi connectivity index (χ2v) is 6.33. The second-order valence-electron chi connectivity index (χ2n) is 6.33. The van der Waals surface area contributed by atoms with Crippen molar-refractivity contribution in [3.8, 4) is 0 Å². The summed E-state index contributed by atoms with van der Waals surface area (Å²) in [5, 5.41) is 6.85. The van der Waals surface area contributed by atoms with Gasteiger partial charge in [-0.05, 0) is 32.6 Å². The van der Waals surface area contributed by atoms with Crippen LogP contribution in [0, 0.1) is 5.92 Å². The van der Waals surface area contributed by atoms with Gasteiger partial charge in [0.25, 0.3) is 0 Å². The summed E-state index contributed by atoms with van der Waals surface area (Å²) in [6.45, 7) is 10.8. The fourth-order valence-corrected chi connectivity index (χ4v) is 2.87. The number of morpholine rings is 1. The maximum Gasteiger partial charge on any atom is 0.191 e. The smallest absolute Gasteiger partial charge is 0.191 e. The minimum atomic E-state index is 0.359. The Morgan fingerprint density at radius 1 is 1.25 bits per heavy atom. The van der Waals surface area contributed by atoms with E-state index in [1.54, 1.807) is 0 Å². The molecule has 1 saturated heterocycles. The Kier molecular flexibility index (Phi) is 5.66. The molecule has 4 atom stereocenters. The number of aliphatic imine (C=N–C) groups is 1. The van der Waals surface area contributed by atoms with E-state index in [0.717, 1.165) is 44.5 Å². The molecule has 116 valence electrons. The van der Waals surface area contributed by atoms with E-state index in [9.17, 15) is 0 Å². The molecule has 0 aromatic rings. The number of ether oxygens (including phenoxy) is 1. The maximum atomic E-state index is 5.75. The van der Waals surface area contributed by atoms with Crippen LogP contribution in [-0.4, -0.2) is 62.3 Å². The van der Waals surface area contributed by atoms with E-state index < -0.39 is 0 Å². The summed E-state index contributed by atoms with van der Waals surface area (Å²) >= 11 is 0. The number of guanidine groups is 1. The van der Waals surface area contributed by atoms with Crippen LogP contribution in [0.25, 0.3) is 0 Å². The van der Waals surface area contributed by atoms with Gasteiger partial charge in [0.2, 0.25) is 0 Å². The van der Waals surface area contributed by atoms with Gasteiger partial charge in [0.05, 0.1) is 12.2 Å². The molecule has 2 fully saturated rings. The van der Waals surface area contributed by atoms with Crippen molar-refractivity contribution in [3.63, 3.8) is 0 Å². The molecule has 4 unspecified atom stereocenters. The van der Waals surface area contributed by atoms with Crippen molar-refractivity contribution < 1.29 is 4.74 Å². The topological polar surface area (TPSA) is 48.9 Å². The molecule has 5 nitrogen and oxygen atoms in total. The Morgan fingerprint density at radius 3 is 2.45 bits per heavy atom. The van der Waals surface area contributed by atoms with Crippen molar-refractivity contribution in [3.05, 3.63) is 0 Å². The zero-order valence-corrected chi connectivity index (χ0v) is 13.4. The number of hydrogen-bond donors (Lipinski definition) is 2. The average molecular weight is 282 g/mol. The Morgan fingerprint density at radius 2 is 1.90 bits per heavy atom. The van der Waals surface area contributed by atoms with Crippen LogP contribution in [0.2, 0.25) is 0 Å². The van der Waals surface area contributed by atoms with Gasteiger partial charge in [-0.25, -0.2) is 0 Å². The molecular formula is C15H30N4O. The predicted octanol–water partition coefficient (Wildman–Crippen LogP) is 1.06. The highest BCUT2D eigenvalue weighted by Gasteiger charge is 2.33. The number of nitrogens with zero attached hydrogens (tertiary/aromatic N) is 2. The highest BCUT2D eigenvalue weighted by atomic mass is 16.5. The normalized spacial score (nSPS) is 34.9. The van der Waals surface area contributed by atoms with Crippen molar-refractivity contribution >= 4 is 5.96 Å². The fraction of sp³-hybridized carbons (Fsp3) is 0.933.